The molecule has 0 heterocycles. The summed E-state index contributed by atoms with van der Waals surface area (Å²) < 4.78 is 44.8. The van der Waals surface area contributed by atoms with Gasteiger partial charge in [0.25, 0.3) is 0 Å². The molecule has 0 N–H and O–H groups in total. The second-order valence-electron chi connectivity index (χ2n) is 5.87. The number of alkyl halides is 3. The molecule has 0 bridgehead atoms. The molecule has 130 valence electrons. The van der Waals surface area contributed by atoms with Gasteiger partial charge >= 0.3 is 6.18 Å². The fourth-order valence-electron chi connectivity index (χ4n) is 2.72. The van der Waals surface area contributed by atoms with Crippen molar-refractivity contribution in [1.29, 1.82) is 0 Å². The Morgan fingerprint density at radius 3 is 2.48 bits per heavy atom. The van der Waals surface area contributed by atoms with Gasteiger partial charge in [-0.05, 0) is 60.2 Å². The molecule has 1 fully saturated rings. The van der Waals surface area contributed by atoms with Crippen molar-refractivity contribution in [2.24, 2.45) is 0 Å². The molecule has 0 saturated heterocycles. The minimum atomic E-state index is -4.54. The van der Waals surface area contributed by atoms with Gasteiger partial charge in [-0.25, -0.2) is 0 Å². The van der Waals surface area contributed by atoms with E-state index in [0.717, 1.165) is 30.0 Å². The molecular formula is C19H13Cl2F3O. The van der Waals surface area contributed by atoms with Crippen LogP contribution in [0.5, 0.6) is 5.75 Å². The highest BCUT2D eigenvalue weighted by Gasteiger charge is 2.34. The maximum Gasteiger partial charge on any atom is 0.417 e. The molecule has 6 heteroatoms. The third kappa shape index (κ3) is 4.05. The average molecular weight is 385 g/mol. The van der Waals surface area contributed by atoms with Crippen molar-refractivity contribution < 1.29 is 17.9 Å². The van der Waals surface area contributed by atoms with Gasteiger partial charge in [-0.15, -0.1) is 6.42 Å². The Kier molecular flexibility index (Phi) is 4.90. The molecule has 1 aliphatic rings. The van der Waals surface area contributed by atoms with Crippen LogP contribution in [0.3, 0.4) is 0 Å². The second-order valence-corrected chi connectivity index (χ2v) is 6.72. The van der Waals surface area contributed by atoms with Crippen LogP contribution in [0.1, 0.15) is 41.0 Å². The summed E-state index contributed by atoms with van der Waals surface area (Å²) in [6.07, 6.45) is 2.66. The van der Waals surface area contributed by atoms with E-state index in [4.69, 9.17) is 34.4 Å². The van der Waals surface area contributed by atoms with Crippen LogP contribution < -0.4 is 4.74 Å². The van der Waals surface area contributed by atoms with Gasteiger partial charge in [0.15, 0.2) is 0 Å². The Morgan fingerprint density at radius 2 is 1.88 bits per heavy atom. The van der Waals surface area contributed by atoms with Gasteiger partial charge < -0.3 is 4.74 Å². The first-order chi connectivity index (χ1) is 11.8. The molecule has 1 nitrogen and oxygen atoms in total. The highest BCUT2D eigenvalue weighted by Crippen LogP contribution is 2.46. The van der Waals surface area contributed by atoms with Crippen molar-refractivity contribution >= 4 is 23.2 Å². The molecule has 0 spiro atoms. The topological polar surface area (TPSA) is 9.23 Å². The normalized spacial score (nSPS) is 14.2. The van der Waals surface area contributed by atoms with E-state index in [1.807, 2.05) is 5.92 Å². The molecule has 3 rings (SSSR count). The zero-order chi connectivity index (χ0) is 18.2. The first-order valence-corrected chi connectivity index (χ1v) is 8.33. The van der Waals surface area contributed by atoms with Crippen molar-refractivity contribution in [2.45, 2.75) is 31.5 Å². The van der Waals surface area contributed by atoms with E-state index >= 15 is 0 Å². The summed E-state index contributed by atoms with van der Waals surface area (Å²) in [4.78, 5) is 0. The maximum atomic E-state index is 13.1. The Bertz CT molecular complexity index is 849. The van der Waals surface area contributed by atoms with Crippen LogP contribution >= 0.6 is 23.2 Å². The van der Waals surface area contributed by atoms with Crippen molar-refractivity contribution in [3.63, 3.8) is 0 Å². The number of hydrogen-bond donors (Lipinski definition) is 0. The third-order valence-corrected chi connectivity index (χ3v) is 4.54. The molecule has 2 aromatic carbocycles. The Morgan fingerprint density at radius 1 is 1.16 bits per heavy atom. The molecule has 25 heavy (non-hydrogen) atoms. The fraction of sp³-hybridized carbons (Fsp3) is 0.263. The molecule has 2 aromatic rings. The fourth-order valence-corrected chi connectivity index (χ4v) is 3.41. The van der Waals surface area contributed by atoms with E-state index in [1.165, 1.54) is 12.1 Å². The molecule has 0 radical (unpaired) electrons. The van der Waals surface area contributed by atoms with E-state index in [2.05, 4.69) is 0 Å². The van der Waals surface area contributed by atoms with Crippen molar-refractivity contribution in [3.8, 4) is 18.1 Å². The Labute approximate surface area is 153 Å². The van der Waals surface area contributed by atoms with Crippen LogP contribution in [-0.4, -0.2) is 0 Å². The first-order valence-electron chi connectivity index (χ1n) is 7.58. The molecular weight excluding hydrogens is 372 g/mol. The van der Waals surface area contributed by atoms with Crippen LogP contribution in [0, 0.1) is 12.3 Å². The summed E-state index contributed by atoms with van der Waals surface area (Å²) in [6.45, 7) is 0.0822. The zero-order valence-corrected chi connectivity index (χ0v) is 14.5. The summed E-state index contributed by atoms with van der Waals surface area (Å²) in [7, 11) is 0. The number of rotatable bonds is 4. The highest BCUT2D eigenvalue weighted by atomic mass is 35.5. The van der Waals surface area contributed by atoms with E-state index in [9.17, 15) is 13.2 Å². The number of hydrogen-bond acceptors (Lipinski definition) is 1. The van der Waals surface area contributed by atoms with Crippen molar-refractivity contribution in [2.75, 3.05) is 0 Å². The molecule has 0 atom stereocenters. The van der Waals surface area contributed by atoms with Gasteiger partial charge in [-0.1, -0.05) is 29.1 Å². The molecule has 0 aromatic heterocycles. The zero-order valence-electron chi connectivity index (χ0n) is 13.0. The van der Waals surface area contributed by atoms with E-state index in [0.29, 0.717) is 16.0 Å². The summed E-state index contributed by atoms with van der Waals surface area (Å²) >= 11 is 12.3. The number of halogens is 5. The lowest BCUT2D eigenvalue weighted by molar-refractivity contribution is -0.137. The standard InChI is InChI=1S/C19H13Cl2F3O/c1-2-11-5-6-15(9-16(11)19(22,23)24)25-10-13-7-14(20)8-17(21)18(13)12-3-4-12/h1,5-9,12H,3-4,10H2. The molecule has 0 unspecified atom stereocenters. The van der Waals surface area contributed by atoms with Crippen LogP contribution in [0.15, 0.2) is 30.3 Å². The summed E-state index contributed by atoms with van der Waals surface area (Å²) in [5.74, 6) is 2.49. The Hall–Kier alpha value is -1.83. The van der Waals surface area contributed by atoms with Crippen LogP contribution in [0.25, 0.3) is 0 Å². The number of benzene rings is 2. The predicted octanol–water partition coefficient (Wildman–Crippen LogP) is 6.45. The molecule has 1 aliphatic carbocycles. The number of terminal acetylenes is 1. The lowest BCUT2D eigenvalue weighted by atomic mass is 10.0. The van der Waals surface area contributed by atoms with Gasteiger partial charge in [0.05, 0.1) is 5.56 Å². The van der Waals surface area contributed by atoms with E-state index in [-0.39, 0.29) is 17.9 Å². The van der Waals surface area contributed by atoms with Crippen LogP contribution in [-0.2, 0) is 12.8 Å². The van der Waals surface area contributed by atoms with Crippen molar-refractivity contribution in [1.82, 2.24) is 0 Å². The number of ether oxygens (including phenoxy) is 1. The predicted molar refractivity (Wildman–Crippen MR) is 92.1 cm³/mol. The highest BCUT2D eigenvalue weighted by molar-refractivity contribution is 6.35. The van der Waals surface area contributed by atoms with Gasteiger partial charge in [0, 0.05) is 15.6 Å². The molecule has 0 aliphatic heterocycles. The monoisotopic (exact) mass is 384 g/mol. The Balaban J connectivity index is 1.87. The summed E-state index contributed by atoms with van der Waals surface area (Å²) in [5, 5.41) is 1.03. The van der Waals surface area contributed by atoms with Crippen molar-refractivity contribution in [3.05, 3.63) is 62.6 Å². The quantitative estimate of drug-likeness (QED) is 0.550. The lowest BCUT2D eigenvalue weighted by Gasteiger charge is -2.15. The van der Waals surface area contributed by atoms with E-state index in [1.54, 1.807) is 12.1 Å². The smallest absolute Gasteiger partial charge is 0.417 e. The van der Waals surface area contributed by atoms with Crippen LogP contribution in [0.2, 0.25) is 10.0 Å². The maximum absolute atomic E-state index is 13.1. The summed E-state index contributed by atoms with van der Waals surface area (Å²) in [5.41, 5.74) is 0.639. The minimum absolute atomic E-state index is 0.0822. The molecule has 0 amide bonds. The van der Waals surface area contributed by atoms with Gasteiger partial charge in [-0.2, -0.15) is 13.2 Å². The first kappa shape index (κ1) is 18.0. The SMILES string of the molecule is C#Cc1ccc(OCc2cc(Cl)cc(Cl)c2C2CC2)cc1C(F)(F)F. The minimum Gasteiger partial charge on any atom is -0.489 e. The largest absolute Gasteiger partial charge is 0.489 e. The second kappa shape index (κ2) is 6.82. The van der Waals surface area contributed by atoms with Gasteiger partial charge in [-0.3, -0.25) is 0 Å². The van der Waals surface area contributed by atoms with Crippen LogP contribution in [0.4, 0.5) is 13.2 Å². The lowest BCUT2D eigenvalue weighted by Crippen LogP contribution is -2.08. The van der Waals surface area contributed by atoms with E-state index < -0.39 is 11.7 Å². The van der Waals surface area contributed by atoms with Gasteiger partial charge in [0.1, 0.15) is 12.4 Å². The summed E-state index contributed by atoms with van der Waals surface area (Å²) in [6, 6.07) is 6.97. The average Bonchev–Trinajstić information content (AvgIpc) is 3.36. The molecule has 1 saturated carbocycles. The van der Waals surface area contributed by atoms with Gasteiger partial charge in [0.2, 0.25) is 0 Å². The third-order valence-electron chi connectivity index (χ3n) is 4.01.